The Morgan fingerprint density at radius 3 is 2.89 bits per heavy atom. The van der Waals surface area contributed by atoms with Gasteiger partial charge in [-0.25, -0.2) is 4.98 Å². The van der Waals surface area contributed by atoms with Crippen LogP contribution in [0.3, 0.4) is 0 Å². The number of piperidine rings is 1. The average molecular weight is 244 g/mol. The number of fused-ring (bicyclic) bond motifs is 1. The van der Waals surface area contributed by atoms with Gasteiger partial charge in [0.25, 0.3) is 0 Å². The minimum atomic E-state index is 0.600. The van der Waals surface area contributed by atoms with Crippen LogP contribution in [0.1, 0.15) is 18.7 Å². The van der Waals surface area contributed by atoms with Crippen LogP contribution in [0.4, 0.5) is 5.69 Å². The molecule has 4 heteroatoms. The maximum atomic E-state index is 4.42. The van der Waals surface area contributed by atoms with Gasteiger partial charge < -0.3 is 15.2 Å². The number of imidazole rings is 1. The third-order valence-corrected chi connectivity index (χ3v) is 3.69. The zero-order chi connectivity index (χ0) is 12.5. The van der Waals surface area contributed by atoms with Crippen LogP contribution in [0.5, 0.6) is 0 Å². The van der Waals surface area contributed by atoms with E-state index in [4.69, 9.17) is 0 Å². The van der Waals surface area contributed by atoms with Gasteiger partial charge in [0.15, 0.2) is 0 Å². The first-order valence-electron chi connectivity index (χ1n) is 6.62. The van der Waals surface area contributed by atoms with E-state index < -0.39 is 0 Å². The number of H-pyrrole nitrogens is 1. The van der Waals surface area contributed by atoms with Crippen LogP contribution in [-0.4, -0.2) is 41.0 Å². The van der Waals surface area contributed by atoms with Crippen molar-refractivity contribution in [1.29, 1.82) is 0 Å². The first-order chi connectivity index (χ1) is 8.70. The molecular weight excluding hydrogens is 224 g/mol. The summed E-state index contributed by atoms with van der Waals surface area (Å²) in [5.74, 6) is 0.974. The van der Waals surface area contributed by atoms with Crippen molar-refractivity contribution in [3.8, 4) is 0 Å². The van der Waals surface area contributed by atoms with Gasteiger partial charge in [0.1, 0.15) is 5.82 Å². The number of aromatic amines is 1. The second-order valence-electron chi connectivity index (χ2n) is 5.28. The van der Waals surface area contributed by atoms with Crippen LogP contribution in [0.15, 0.2) is 18.2 Å². The second kappa shape index (κ2) is 4.61. The average Bonchev–Trinajstić information content (AvgIpc) is 2.71. The van der Waals surface area contributed by atoms with Gasteiger partial charge in [-0.15, -0.1) is 0 Å². The number of likely N-dealkylation sites (tertiary alicyclic amines) is 1. The lowest BCUT2D eigenvalue weighted by atomic mass is 10.1. The lowest BCUT2D eigenvalue weighted by Crippen LogP contribution is -2.36. The minimum absolute atomic E-state index is 0.600. The van der Waals surface area contributed by atoms with Gasteiger partial charge in [0.2, 0.25) is 0 Å². The van der Waals surface area contributed by atoms with Gasteiger partial charge in [0, 0.05) is 11.7 Å². The van der Waals surface area contributed by atoms with Gasteiger partial charge in [0.05, 0.1) is 11.0 Å². The number of benzene rings is 1. The maximum absolute atomic E-state index is 4.42. The molecule has 3 rings (SSSR count). The number of anilines is 1. The summed E-state index contributed by atoms with van der Waals surface area (Å²) in [6.07, 6.45) is 2.44. The Labute approximate surface area is 107 Å². The highest BCUT2D eigenvalue weighted by molar-refractivity contribution is 5.79. The fraction of sp³-hybridized carbons (Fsp3) is 0.500. The summed E-state index contributed by atoms with van der Waals surface area (Å²) >= 11 is 0. The molecule has 2 aromatic rings. The fourth-order valence-corrected chi connectivity index (χ4v) is 2.62. The summed E-state index contributed by atoms with van der Waals surface area (Å²) in [7, 11) is 2.19. The van der Waals surface area contributed by atoms with E-state index in [1.165, 1.54) is 31.6 Å². The Hall–Kier alpha value is -1.55. The smallest absolute Gasteiger partial charge is 0.104 e. The molecule has 0 atom stereocenters. The Morgan fingerprint density at radius 2 is 2.11 bits per heavy atom. The Morgan fingerprint density at radius 1 is 1.33 bits per heavy atom. The first-order valence-corrected chi connectivity index (χ1v) is 6.62. The molecule has 18 heavy (non-hydrogen) atoms. The first kappa shape index (κ1) is 11.5. The normalized spacial score (nSPS) is 18.3. The van der Waals surface area contributed by atoms with Gasteiger partial charge in [-0.3, -0.25) is 0 Å². The number of aryl methyl sites for hydroxylation is 1. The molecule has 1 fully saturated rings. The number of hydrogen-bond acceptors (Lipinski definition) is 3. The molecule has 1 aromatic carbocycles. The number of hydrogen-bond donors (Lipinski definition) is 2. The van der Waals surface area contributed by atoms with E-state index in [0.717, 1.165) is 16.9 Å². The standard InChI is InChI=1S/C14H20N4/c1-10-15-13-4-3-12(9-14(13)16-10)17-11-5-7-18(2)8-6-11/h3-4,9,11,17H,5-8H2,1-2H3,(H,15,16). The SMILES string of the molecule is Cc1nc2ccc(NC3CCN(C)CC3)cc2[nH]1. The fourth-order valence-electron chi connectivity index (χ4n) is 2.62. The molecule has 0 saturated carbocycles. The summed E-state index contributed by atoms with van der Waals surface area (Å²) in [6.45, 7) is 4.36. The molecule has 1 aliphatic rings. The topological polar surface area (TPSA) is 44.0 Å². The third-order valence-electron chi connectivity index (χ3n) is 3.69. The Balaban J connectivity index is 1.74. The van der Waals surface area contributed by atoms with E-state index in [2.05, 4.69) is 45.4 Å². The minimum Gasteiger partial charge on any atom is -0.382 e. The predicted molar refractivity (Wildman–Crippen MR) is 75.0 cm³/mol. The Kier molecular flexibility index (Phi) is 2.96. The quantitative estimate of drug-likeness (QED) is 0.852. The summed E-state index contributed by atoms with van der Waals surface area (Å²) in [6, 6.07) is 6.97. The Bertz CT molecular complexity index is 538. The van der Waals surface area contributed by atoms with E-state index in [9.17, 15) is 0 Å². The largest absolute Gasteiger partial charge is 0.382 e. The lowest BCUT2D eigenvalue weighted by molar-refractivity contribution is 0.264. The zero-order valence-electron chi connectivity index (χ0n) is 11.0. The summed E-state index contributed by atoms with van der Waals surface area (Å²) < 4.78 is 0. The number of rotatable bonds is 2. The second-order valence-corrected chi connectivity index (χ2v) is 5.28. The van der Waals surface area contributed by atoms with E-state index >= 15 is 0 Å². The van der Waals surface area contributed by atoms with E-state index in [1.54, 1.807) is 0 Å². The molecule has 0 bridgehead atoms. The number of nitrogens with zero attached hydrogens (tertiary/aromatic N) is 2. The molecule has 0 radical (unpaired) electrons. The molecule has 96 valence electrons. The monoisotopic (exact) mass is 244 g/mol. The predicted octanol–water partition coefficient (Wildman–Crippen LogP) is 2.38. The van der Waals surface area contributed by atoms with Gasteiger partial charge in [-0.2, -0.15) is 0 Å². The van der Waals surface area contributed by atoms with Crippen LogP contribution in [0, 0.1) is 6.92 Å². The molecule has 0 spiro atoms. The molecule has 0 aliphatic carbocycles. The molecule has 0 unspecified atom stereocenters. The van der Waals surface area contributed by atoms with E-state index in [-0.39, 0.29) is 0 Å². The van der Waals surface area contributed by atoms with Crippen molar-refractivity contribution in [3.05, 3.63) is 24.0 Å². The number of aromatic nitrogens is 2. The van der Waals surface area contributed by atoms with Gasteiger partial charge in [-0.1, -0.05) is 0 Å². The van der Waals surface area contributed by atoms with Crippen molar-refractivity contribution in [2.45, 2.75) is 25.8 Å². The van der Waals surface area contributed by atoms with Gasteiger partial charge >= 0.3 is 0 Å². The molecule has 4 nitrogen and oxygen atoms in total. The summed E-state index contributed by atoms with van der Waals surface area (Å²) in [5, 5.41) is 3.63. The molecule has 2 heterocycles. The highest BCUT2D eigenvalue weighted by atomic mass is 15.1. The van der Waals surface area contributed by atoms with Crippen LogP contribution >= 0.6 is 0 Å². The van der Waals surface area contributed by atoms with E-state index in [0.29, 0.717) is 6.04 Å². The molecule has 1 aromatic heterocycles. The van der Waals surface area contributed by atoms with Crippen molar-refractivity contribution in [2.75, 3.05) is 25.5 Å². The van der Waals surface area contributed by atoms with Crippen LogP contribution in [-0.2, 0) is 0 Å². The summed E-state index contributed by atoms with van der Waals surface area (Å²) in [4.78, 5) is 10.1. The molecule has 0 amide bonds. The van der Waals surface area contributed by atoms with Crippen LogP contribution in [0.2, 0.25) is 0 Å². The molecule has 1 aliphatic heterocycles. The molecule has 2 N–H and O–H groups in total. The lowest BCUT2D eigenvalue weighted by Gasteiger charge is -2.30. The summed E-state index contributed by atoms with van der Waals surface area (Å²) in [5.41, 5.74) is 3.35. The molecular formula is C14H20N4. The zero-order valence-corrected chi connectivity index (χ0v) is 11.0. The highest BCUT2D eigenvalue weighted by Gasteiger charge is 2.16. The van der Waals surface area contributed by atoms with Gasteiger partial charge in [-0.05, 0) is 58.1 Å². The highest BCUT2D eigenvalue weighted by Crippen LogP contribution is 2.20. The van der Waals surface area contributed by atoms with Crippen molar-refractivity contribution in [3.63, 3.8) is 0 Å². The van der Waals surface area contributed by atoms with Crippen LogP contribution < -0.4 is 5.32 Å². The maximum Gasteiger partial charge on any atom is 0.104 e. The molecule has 1 saturated heterocycles. The van der Waals surface area contributed by atoms with E-state index in [1.807, 2.05) is 6.92 Å². The van der Waals surface area contributed by atoms with Crippen molar-refractivity contribution >= 4 is 16.7 Å². The van der Waals surface area contributed by atoms with Crippen LogP contribution in [0.25, 0.3) is 11.0 Å². The van der Waals surface area contributed by atoms with Crippen molar-refractivity contribution < 1.29 is 0 Å². The van der Waals surface area contributed by atoms with Crippen molar-refractivity contribution in [1.82, 2.24) is 14.9 Å². The number of nitrogens with one attached hydrogen (secondary N) is 2. The third kappa shape index (κ3) is 2.34. The van der Waals surface area contributed by atoms with Crippen molar-refractivity contribution in [2.24, 2.45) is 0 Å².